The van der Waals surface area contributed by atoms with Crippen LogP contribution in [-0.4, -0.2) is 30.4 Å². The van der Waals surface area contributed by atoms with Gasteiger partial charge < -0.3 is 19.0 Å². The topological polar surface area (TPSA) is 43.5 Å². The first kappa shape index (κ1) is 17.4. The second kappa shape index (κ2) is 6.45. The number of fused-ring (bicyclic) bond motifs is 1. The fourth-order valence-corrected chi connectivity index (χ4v) is 4.35. The summed E-state index contributed by atoms with van der Waals surface area (Å²) in [5.74, 6) is 0.863. The summed E-state index contributed by atoms with van der Waals surface area (Å²) in [6, 6.07) is 8.11. The summed E-state index contributed by atoms with van der Waals surface area (Å²) in [7, 11) is 1.34. The Balaban J connectivity index is 2.02. The van der Waals surface area contributed by atoms with Crippen molar-refractivity contribution in [3.8, 4) is 5.75 Å². The van der Waals surface area contributed by atoms with Crippen molar-refractivity contribution in [1.29, 1.82) is 0 Å². The van der Waals surface area contributed by atoms with E-state index in [1.165, 1.54) is 0 Å². The highest BCUT2D eigenvalue weighted by molar-refractivity contribution is 6.61. The van der Waals surface area contributed by atoms with Crippen LogP contribution in [0.4, 0.5) is 0 Å². The maximum absolute atomic E-state index is 6.54. The molecule has 4 nitrogen and oxygen atoms in total. The highest BCUT2D eigenvalue weighted by atomic mass is 16.7. The van der Waals surface area contributed by atoms with Crippen molar-refractivity contribution < 1.29 is 14.0 Å². The number of benzene rings is 1. The van der Waals surface area contributed by atoms with Gasteiger partial charge in [0.05, 0.1) is 18.3 Å². The van der Waals surface area contributed by atoms with Gasteiger partial charge in [-0.05, 0) is 43.9 Å². The predicted octanol–water partition coefficient (Wildman–Crippen LogP) is 4.04. The van der Waals surface area contributed by atoms with Gasteiger partial charge in [0.15, 0.2) is 0 Å². The lowest BCUT2D eigenvalue weighted by Crippen LogP contribution is -2.50. The summed E-state index contributed by atoms with van der Waals surface area (Å²) in [4.78, 5) is 3.45. The Bertz CT molecular complexity index is 684. The number of hydrogen-bond acceptors (Lipinski definition) is 3. The molecule has 1 fully saturated rings. The van der Waals surface area contributed by atoms with Crippen LogP contribution in [0.3, 0.4) is 0 Å². The highest BCUT2D eigenvalue weighted by Crippen LogP contribution is 2.46. The van der Waals surface area contributed by atoms with Gasteiger partial charge in [0.1, 0.15) is 5.75 Å². The summed E-state index contributed by atoms with van der Waals surface area (Å²) < 4.78 is 18.5. The van der Waals surface area contributed by atoms with Crippen LogP contribution in [0.15, 0.2) is 24.3 Å². The highest BCUT2D eigenvalue weighted by Gasteiger charge is 2.58. The van der Waals surface area contributed by atoms with Crippen molar-refractivity contribution in [3.63, 3.8) is 0 Å². The van der Waals surface area contributed by atoms with E-state index in [4.69, 9.17) is 14.0 Å². The molecule has 130 valence electrons. The van der Waals surface area contributed by atoms with Crippen molar-refractivity contribution in [3.05, 3.63) is 24.3 Å². The first-order valence-corrected chi connectivity index (χ1v) is 9.09. The zero-order chi connectivity index (χ0) is 17.4. The van der Waals surface area contributed by atoms with Crippen LogP contribution in [0, 0.1) is 0 Å². The number of aromatic amines is 1. The molecule has 1 aromatic heterocycles. The van der Waals surface area contributed by atoms with Gasteiger partial charge in [0.25, 0.3) is 0 Å². The second-order valence-corrected chi connectivity index (χ2v) is 6.62. The Labute approximate surface area is 145 Å². The molecule has 0 saturated carbocycles. The van der Waals surface area contributed by atoms with Crippen molar-refractivity contribution in [2.75, 3.05) is 7.11 Å². The smallest absolute Gasteiger partial charge is 0.496 e. The second-order valence-electron chi connectivity index (χ2n) is 6.62. The molecule has 1 aliphatic heterocycles. The van der Waals surface area contributed by atoms with Crippen LogP contribution in [-0.2, 0) is 9.31 Å². The van der Waals surface area contributed by atoms with Crippen LogP contribution in [0.2, 0.25) is 0 Å². The monoisotopic (exact) mass is 329 g/mol. The number of hydrogen-bond donors (Lipinski definition) is 1. The molecule has 24 heavy (non-hydrogen) atoms. The molecule has 2 aromatic rings. The van der Waals surface area contributed by atoms with Gasteiger partial charge in [-0.3, -0.25) is 0 Å². The molecular weight excluding hydrogens is 301 g/mol. The summed E-state index contributed by atoms with van der Waals surface area (Å²) >= 11 is 0. The summed E-state index contributed by atoms with van der Waals surface area (Å²) in [5.41, 5.74) is 1.54. The molecule has 0 radical (unpaired) electrons. The number of aromatic nitrogens is 1. The van der Waals surface area contributed by atoms with Crippen LogP contribution in [0.5, 0.6) is 5.75 Å². The van der Waals surface area contributed by atoms with E-state index in [1.54, 1.807) is 7.11 Å². The fourth-order valence-electron chi connectivity index (χ4n) is 4.35. The molecule has 0 amide bonds. The van der Waals surface area contributed by atoms with Gasteiger partial charge in [0, 0.05) is 16.5 Å². The van der Waals surface area contributed by atoms with Gasteiger partial charge in [-0.25, -0.2) is 0 Å². The van der Waals surface area contributed by atoms with Gasteiger partial charge in [0.2, 0.25) is 0 Å². The number of methoxy groups -OCH3 is 1. The van der Waals surface area contributed by atoms with E-state index in [9.17, 15) is 0 Å². The van der Waals surface area contributed by atoms with Crippen LogP contribution < -0.4 is 10.3 Å². The van der Waals surface area contributed by atoms with Crippen LogP contribution in [0.1, 0.15) is 53.4 Å². The van der Waals surface area contributed by atoms with Gasteiger partial charge in [-0.2, -0.15) is 0 Å². The third-order valence-corrected chi connectivity index (χ3v) is 5.90. The minimum Gasteiger partial charge on any atom is -0.496 e. The molecule has 1 saturated heterocycles. The molecule has 0 unspecified atom stereocenters. The minimum atomic E-state index is -0.359. The summed E-state index contributed by atoms with van der Waals surface area (Å²) in [6.07, 6.45) is 3.80. The molecule has 2 heterocycles. The minimum absolute atomic E-state index is 0.234. The normalized spacial score (nSPS) is 19.1. The Kier molecular flexibility index (Phi) is 4.67. The third-order valence-electron chi connectivity index (χ3n) is 5.90. The standard InChI is InChI=1S/C19H28BNO3/c1-6-18(7-2)19(8-3,9-4)24-20(23-18)17-13-14-15(21-17)11-10-12-16(14)22-5/h10-13,21H,6-9H2,1-5H3. The summed E-state index contributed by atoms with van der Waals surface area (Å²) in [6.45, 7) is 8.79. The predicted molar refractivity (Wildman–Crippen MR) is 99.0 cm³/mol. The van der Waals surface area contributed by atoms with E-state index >= 15 is 0 Å². The van der Waals surface area contributed by atoms with Crippen LogP contribution >= 0.6 is 0 Å². The number of H-pyrrole nitrogens is 1. The van der Waals surface area contributed by atoms with E-state index in [2.05, 4.69) is 44.8 Å². The van der Waals surface area contributed by atoms with Gasteiger partial charge in [-0.1, -0.05) is 33.8 Å². The summed E-state index contributed by atoms with van der Waals surface area (Å²) in [5, 5.41) is 1.06. The molecule has 0 spiro atoms. The van der Waals surface area contributed by atoms with Crippen molar-refractivity contribution in [2.45, 2.75) is 64.6 Å². The zero-order valence-electron chi connectivity index (χ0n) is 15.4. The third kappa shape index (κ3) is 2.37. The molecule has 0 bridgehead atoms. The van der Waals surface area contributed by atoms with Crippen molar-refractivity contribution >= 4 is 23.6 Å². The molecule has 1 aliphatic rings. The van der Waals surface area contributed by atoms with E-state index in [0.717, 1.165) is 47.9 Å². The van der Waals surface area contributed by atoms with E-state index in [1.807, 2.05) is 12.1 Å². The van der Waals surface area contributed by atoms with E-state index < -0.39 is 0 Å². The van der Waals surface area contributed by atoms with Crippen LogP contribution in [0.25, 0.3) is 10.9 Å². The van der Waals surface area contributed by atoms with E-state index in [0.29, 0.717) is 0 Å². The van der Waals surface area contributed by atoms with Crippen molar-refractivity contribution in [2.24, 2.45) is 0 Å². The molecule has 0 aliphatic carbocycles. The first-order chi connectivity index (χ1) is 11.6. The lowest BCUT2D eigenvalue weighted by atomic mass is 9.75. The number of ether oxygens (including phenoxy) is 1. The average Bonchev–Trinajstić information content (AvgIpc) is 3.20. The van der Waals surface area contributed by atoms with E-state index in [-0.39, 0.29) is 18.3 Å². The maximum Gasteiger partial charge on any atom is 0.512 e. The molecule has 3 rings (SSSR count). The molecule has 1 N–H and O–H groups in total. The molecule has 0 atom stereocenters. The Morgan fingerprint density at radius 1 is 1.00 bits per heavy atom. The molecule has 5 heteroatoms. The Morgan fingerprint density at radius 2 is 1.58 bits per heavy atom. The lowest BCUT2D eigenvalue weighted by Gasteiger charge is -2.42. The molecule has 1 aromatic carbocycles. The Hall–Kier alpha value is -1.46. The zero-order valence-corrected chi connectivity index (χ0v) is 15.4. The molecular formula is C19H28BNO3. The average molecular weight is 329 g/mol. The largest absolute Gasteiger partial charge is 0.512 e. The number of rotatable bonds is 6. The SMILES string of the molecule is CCC1(CC)OB(c2cc3c(OC)cccc3[nH]2)OC1(CC)CC. The lowest BCUT2D eigenvalue weighted by molar-refractivity contribution is -0.0601. The fraction of sp³-hybridized carbons (Fsp3) is 0.579. The van der Waals surface area contributed by atoms with Crippen molar-refractivity contribution in [1.82, 2.24) is 4.98 Å². The van der Waals surface area contributed by atoms with Gasteiger partial charge in [-0.15, -0.1) is 0 Å². The first-order valence-electron chi connectivity index (χ1n) is 9.09. The maximum atomic E-state index is 6.54. The number of nitrogens with one attached hydrogen (secondary N) is 1. The van der Waals surface area contributed by atoms with Gasteiger partial charge >= 0.3 is 7.12 Å². The quantitative estimate of drug-likeness (QED) is 0.814. The Morgan fingerprint density at radius 3 is 2.08 bits per heavy atom.